The van der Waals surface area contributed by atoms with Crippen LogP contribution in [0, 0.1) is 0 Å². The summed E-state index contributed by atoms with van der Waals surface area (Å²) in [6.45, 7) is 6.21. The zero-order valence-electron chi connectivity index (χ0n) is 15.7. The molecular weight excluding hydrogens is 338 g/mol. The van der Waals surface area contributed by atoms with E-state index in [-0.39, 0.29) is 5.91 Å². The quantitative estimate of drug-likeness (QED) is 0.882. The third-order valence-electron chi connectivity index (χ3n) is 5.36. The monoisotopic (exact) mass is 365 g/mol. The third kappa shape index (κ3) is 4.31. The average Bonchev–Trinajstić information content (AvgIpc) is 3.23. The first-order valence-electron chi connectivity index (χ1n) is 9.84. The second-order valence-electron chi connectivity index (χ2n) is 7.21. The first-order valence-corrected chi connectivity index (χ1v) is 9.84. The minimum atomic E-state index is -0.0500. The number of nitrogens with one attached hydrogen (secondary N) is 1. The Morgan fingerprint density at radius 2 is 1.63 bits per heavy atom. The van der Waals surface area contributed by atoms with E-state index in [1.54, 1.807) is 0 Å². The Labute approximate surface area is 160 Å². The molecule has 2 aromatic carbocycles. The number of ether oxygens (including phenoxy) is 1. The number of carbonyl (C=O) groups excluding carboxylic acids is 1. The van der Waals surface area contributed by atoms with E-state index >= 15 is 0 Å². The molecule has 0 radical (unpaired) electrons. The highest BCUT2D eigenvalue weighted by Gasteiger charge is 2.20. The molecule has 0 unspecified atom stereocenters. The molecule has 2 aliphatic rings. The molecule has 2 fully saturated rings. The molecule has 27 heavy (non-hydrogen) atoms. The molecule has 1 amide bonds. The van der Waals surface area contributed by atoms with E-state index in [0.717, 1.165) is 49.7 Å². The maximum absolute atomic E-state index is 13.1. The number of benzene rings is 2. The van der Waals surface area contributed by atoms with Crippen LogP contribution in [0.2, 0.25) is 0 Å². The second kappa shape index (κ2) is 8.55. The van der Waals surface area contributed by atoms with Crippen molar-refractivity contribution in [2.24, 2.45) is 0 Å². The van der Waals surface area contributed by atoms with Gasteiger partial charge in [0.25, 0.3) is 5.91 Å². The molecule has 5 nitrogen and oxygen atoms in total. The summed E-state index contributed by atoms with van der Waals surface area (Å²) in [6, 6.07) is 16.0. The van der Waals surface area contributed by atoms with Crippen LogP contribution in [0.5, 0.6) is 0 Å². The molecule has 0 spiro atoms. The van der Waals surface area contributed by atoms with E-state index in [9.17, 15) is 4.79 Å². The molecule has 5 heteroatoms. The summed E-state index contributed by atoms with van der Waals surface area (Å²) in [7, 11) is 0. The molecule has 0 aliphatic carbocycles. The standard InChI is InChI=1S/C22H27N3O2/c26-22(19-8-2-4-10-21(19)25-13-15-27-16-14-25)23-20-9-3-1-7-18(20)17-24-11-5-6-12-24/h1-4,7-10H,5-6,11-17H2,(H,23,26). The van der Waals surface area contributed by atoms with Gasteiger partial charge in [0.2, 0.25) is 0 Å². The molecule has 2 aromatic rings. The highest BCUT2D eigenvalue weighted by atomic mass is 16.5. The van der Waals surface area contributed by atoms with Crippen LogP contribution in [0.3, 0.4) is 0 Å². The van der Waals surface area contributed by atoms with Gasteiger partial charge in [0.15, 0.2) is 0 Å². The van der Waals surface area contributed by atoms with Crippen LogP contribution >= 0.6 is 0 Å². The number of hydrogen-bond donors (Lipinski definition) is 1. The Morgan fingerprint density at radius 3 is 2.44 bits per heavy atom. The number of hydrogen-bond acceptors (Lipinski definition) is 4. The van der Waals surface area contributed by atoms with Crippen molar-refractivity contribution in [3.05, 3.63) is 59.7 Å². The van der Waals surface area contributed by atoms with E-state index in [2.05, 4.69) is 21.2 Å². The molecule has 1 N–H and O–H groups in total. The Kier molecular flexibility index (Phi) is 5.70. The topological polar surface area (TPSA) is 44.8 Å². The van der Waals surface area contributed by atoms with Gasteiger partial charge in [0.05, 0.1) is 18.8 Å². The summed E-state index contributed by atoms with van der Waals surface area (Å²) in [5.41, 5.74) is 3.79. The number of para-hydroxylation sites is 2. The molecule has 0 saturated carbocycles. The summed E-state index contributed by atoms with van der Waals surface area (Å²) in [5, 5.41) is 3.16. The van der Waals surface area contributed by atoms with E-state index < -0.39 is 0 Å². The fraction of sp³-hybridized carbons (Fsp3) is 0.409. The fourth-order valence-corrected chi connectivity index (χ4v) is 3.90. The highest BCUT2D eigenvalue weighted by Crippen LogP contribution is 2.25. The number of likely N-dealkylation sites (tertiary alicyclic amines) is 1. The lowest BCUT2D eigenvalue weighted by Crippen LogP contribution is -2.37. The molecular formula is C22H27N3O2. The second-order valence-corrected chi connectivity index (χ2v) is 7.21. The molecule has 142 valence electrons. The van der Waals surface area contributed by atoms with Gasteiger partial charge in [-0.2, -0.15) is 0 Å². The number of rotatable bonds is 5. The minimum absolute atomic E-state index is 0.0500. The SMILES string of the molecule is O=C(Nc1ccccc1CN1CCCC1)c1ccccc1N1CCOCC1. The Morgan fingerprint density at radius 1 is 0.926 bits per heavy atom. The van der Waals surface area contributed by atoms with Crippen molar-refractivity contribution in [3.63, 3.8) is 0 Å². The van der Waals surface area contributed by atoms with E-state index in [0.29, 0.717) is 13.2 Å². The van der Waals surface area contributed by atoms with Gasteiger partial charge >= 0.3 is 0 Å². The predicted molar refractivity (Wildman–Crippen MR) is 108 cm³/mol. The smallest absolute Gasteiger partial charge is 0.257 e. The molecule has 4 rings (SSSR count). The molecule has 0 bridgehead atoms. The molecule has 0 atom stereocenters. The lowest BCUT2D eigenvalue weighted by molar-refractivity contribution is 0.102. The van der Waals surface area contributed by atoms with Gasteiger partial charge in [-0.15, -0.1) is 0 Å². The van der Waals surface area contributed by atoms with Crippen molar-refractivity contribution in [1.29, 1.82) is 0 Å². The van der Waals surface area contributed by atoms with Crippen LogP contribution in [0.4, 0.5) is 11.4 Å². The zero-order chi connectivity index (χ0) is 18.5. The van der Waals surface area contributed by atoms with Gasteiger partial charge in [0.1, 0.15) is 0 Å². The van der Waals surface area contributed by atoms with Crippen LogP contribution in [0.25, 0.3) is 0 Å². The lowest BCUT2D eigenvalue weighted by Gasteiger charge is -2.30. The van der Waals surface area contributed by atoms with Crippen LogP contribution in [0.1, 0.15) is 28.8 Å². The number of nitrogens with zero attached hydrogens (tertiary/aromatic N) is 2. The summed E-state index contributed by atoms with van der Waals surface area (Å²) in [6.07, 6.45) is 2.53. The maximum atomic E-state index is 13.1. The molecule has 2 heterocycles. The van der Waals surface area contributed by atoms with Crippen molar-refractivity contribution in [2.45, 2.75) is 19.4 Å². The summed E-state index contributed by atoms with van der Waals surface area (Å²) < 4.78 is 5.45. The van der Waals surface area contributed by atoms with Crippen molar-refractivity contribution < 1.29 is 9.53 Å². The Hall–Kier alpha value is -2.37. The fourth-order valence-electron chi connectivity index (χ4n) is 3.90. The zero-order valence-corrected chi connectivity index (χ0v) is 15.7. The van der Waals surface area contributed by atoms with Gasteiger partial charge in [-0.05, 0) is 49.7 Å². The van der Waals surface area contributed by atoms with Crippen molar-refractivity contribution in [3.8, 4) is 0 Å². The van der Waals surface area contributed by atoms with Crippen molar-refractivity contribution in [2.75, 3.05) is 49.6 Å². The summed E-state index contributed by atoms with van der Waals surface area (Å²) in [4.78, 5) is 17.8. The van der Waals surface area contributed by atoms with Gasteiger partial charge in [-0.1, -0.05) is 30.3 Å². The Balaban J connectivity index is 1.53. The van der Waals surface area contributed by atoms with Gasteiger partial charge in [-0.25, -0.2) is 0 Å². The lowest BCUT2D eigenvalue weighted by atomic mass is 10.1. The van der Waals surface area contributed by atoms with Crippen molar-refractivity contribution >= 4 is 17.3 Å². The first kappa shape index (κ1) is 18.0. The largest absolute Gasteiger partial charge is 0.378 e. The third-order valence-corrected chi connectivity index (χ3v) is 5.36. The first-order chi connectivity index (χ1) is 13.3. The Bertz CT molecular complexity index is 781. The van der Waals surface area contributed by atoms with Crippen LogP contribution in [-0.4, -0.2) is 50.2 Å². The molecule has 2 aliphatic heterocycles. The highest BCUT2D eigenvalue weighted by molar-refractivity contribution is 6.08. The van der Waals surface area contributed by atoms with Gasteiger partial charge < -0.3 is 15.0 Å². The predicted octanol–water partition coefficient (Wildman–Crippen LogP) is 3.37. The summed E-state index contributed by atoms with van der Waals surface area (Å²) >= 11 is 0. The number of carbonyl (C=O) groups is 1. The average molecular weight is 365 g/mol. The molecule has 2 saturated heterocycles. The maximum Gasteiger partial charge on any atom is 0.257 e. The number of amides is 1. The van der Waals surface area contributed by atoms with Gasteiger partial charge in [-0.3, -0.25) is 9.69 Å². The summed E-state index contributed by atoms with van der Waals surface area (Å²) in [5.74, 6) is -0.0500. The normalized spacial score (nSPS) is 17.9. The van der Waals surface area contributed by atoms with E-state index in [1.165, 1.54) is 18.4 Å². The van der Waals surface area contributed by atoms with E-state index in [1.807, 2.05) is 42.5 Å². The van der Waals surface area contributed by atoms with Crippen LogP contribution in [-0.2, 0) is 11.3 Å². The van der Waals surface area contributed by atoms with E-state index in [4.69, 9.17) is 4.74 Å². The number of morpholine rings is 1. The van der Waals surface area contributed by atoms with Crippen molar-refractivity contribution in [1.82, 2.24) is 4.90 Å². The van der Waals surface area contributed by atoms with Gasteiger partial charge in [0, 0.05) is 31.0 Å². The van der Waals surface area contributed by atoms with Crippen LogP contribution in [0.15, 0.2) is 48.5 Å². The molecule has 0 aromatic heterocycles. The van der Waals surface area contributed by atoms with Crippen LogP contribution < -0.4 is 10.2 Å². The number of anilines is 2. The minimum Gasteiger partial charge on any atom is -0.378 e.